The first-order valence-corrected chi connectivity index (χ1v) is 4.62. The van der Waals surface area contributed by atoms with Crippen LogP contribution in [0, 0.1) is 0 Å². The number of nitrogens with zero attached hydrogens (tertiary/aromatic N) is 2. The van der Waals surface area contributed by atoms with Crippen LogP contribution in [-0.4, -0.2) is 35.1 Å². The molecule has 1 aromatic rings. The third-order valence-electron chi connectivity index (χ3n) is 1.76. The van der Waals surface area contributed by atoms with Crippen LogP contribution in [0.3, 0.4) is 0 Å². The lowest BCUT2D eigenvalue weighted by atomic mass is 10.3. The standard InChI is InChI=1S/C8H6ClF4N3O/c9-5-4(1-17)6(16-3-15-5)14-2-8(12,13)7(10)11/h1,3,7H,2H2,(H,14,15,16). The Kier molecular flexibility index (Phi) is 4.22. The van der Waals surface area contributed by atoms with Crippen molar-refractivity contribution >= 4 is 23.7 Å². The van der Waals surface area contributed by atoms with Gasteiger partial charge in [-0.25, -0.2) is 18.7 Å². The number of rotatable bonds is 5. The van der Waals surface area contributed by atoms with Gasteiger partial charge in [-0.15, -0.1) is 0 Å². The van der Waals surface area contributed by atoms with Crippen molar-refractivity contribution in [3.8, 4) is 0 Å². The molecule has 0 radical (unpaired) electrons. The van der Waals surface area contributed by atoms with Crippen LogP contribution in [0.2, 0.25) is 5.15 Å². The van der Waals surface area contributed by atoms with E-state index in [1.54, 1.807) is 0 Å². The summed E-state index contributed by atoms with van der Waals surface area (Å²) in [7, 11) is 0. The number of halogens is 5. The van der Waals surface area contributed by atoms with Gasteiger partial charge in [0.1, 0.15) is 17.3 Å². The Morgan fingerprint density at radius 2 is 2.12 bits per heavy atom. The zero-order chi connectivity index (χ0) is 13.1. The molecule has 4 nitrogen and oxygen atoms in total. The molecular weight excluding hydrogens is 266 g/mol. The minimum atomic E-state index is -4.22. The molecule has 1 N–H and O–H groups in total. The molecule has 0 aromatic carbocycles. The van der Waals surface area contributed by atoms with Crippen LogP contribution in [0.15, 0.2) is 6.33 Å². The van der Waals surface area contributed by atoms with Crippen LogP contribution in [0.1, 0.15) is 10.4 Å². The summed E-state index contributed by atoms with van der Waals surface area (Å²) in [5, 5.41) is 1.68. The van der Waals surface area contributed by atoms with Crippen LogP contribution in [0.25, 0.3) is 0 Å². The Hall–Kier alpha value is -1.44. The van der Waals surface area contributed by atoms with Crippen molar-refractivity contribution < 1.29 is 22.4 Å². The zero-order valence-corrected chi connectivity index (χ0v) is 8.89. The van der Waals surface area contributed by atoms with E-state index >= 15 is 0 Å². The van der Waals surface area contributed by atoms with E-state index < -0.39 is 18.9 Å². The lowest BCUT2D eigenvalue weighted by Gasteiger charge is -2.16. The highest BCUT2D eigenvalue weighted by atomic mass is 35.5. The zero-order valence-electron chi connectivity index (χ0n) is 8.13. The second-order valence-electron chi connectivity index (χ2n) is 2.96. The third kappa shape index (κ3) is 3.26. The van der Waals surface area contributed by atoms with Gasteiger partial charge in [0.25, 0.3) is 0 Å². The molecule has 0 spiro atoms. The van der Waals surface area contributed by atoms with E-state index in [9.17, 15) is 22.4 Å². The van der Waals surface area contributed by atoms with Gasteiger partial charge in [-0.05, 0) is 0 Å². The Morgan fingerprint density at radius 3 is 2.65 bits per heavy atom. The van der Waals surface area contributed by atoms with E-state index in [0.717, 1.165) is 6.33 Å². The average Bonchev–Trinajstić information content (AvgIpc) is 2.26. The van der Waals surface area contributed by atoms with Crippen molar-refractivity contribution in [1.29, 1.82) is 0 Å². The number of nitrogens with one attached hydrogen (secondary N) is 1. The summed E-state index contributed by atoms with van der Waals surface area (Å²) in [6, 6.07) is 0. The van der Waals surface area contributed by atoms with Crippen LogP contribution in [-0.2, 0) is 0 Å². The Bertz CT molecular complexity index is 416. The molecule has 0 bridgehead atoms. The second-order valence-corrected chi connectivity index (χ2v) is 3.32. The number of hydrogen-bond donors (Lipinski definition) is 1. The quantitative estimate of drug-likeness (QED) is 0.507. The van der Waals surface area contributed by atoms with Crippen LogP contribution in [0.5, 0.6) is 0 Å². The van der Waals surface area contributed by atoms with Gasteiger partial charge in [0.05, 0.1) is 12.1 Å². The van der Waals surface area contributed by atoms with E-state index in [0.29, 0.717) is 0 Å². The fraction of sp³-hybridized carbons (Fsp3) is 0.375. The van der Waals surface area contributed by atoms with Crippen molar-refractivity contribution in [2.24, 2.45) is 0 Å². The van der Waals surface area contributed by atoms with Gasteiger partial charge in [-0.1, -0.05) is 11.6 Å². The maximum Gasteiger partial charge on any atom is 0.324 e. The molecule has 0 atom stereocenters. The highest BCUT2D eigenvalue weighted by molar-refractivity contribution is 6.32. The molecule has 0 fully saturated rings. The number of hydrogen-bond acceptors (Lipinski definition) is 4. The van der Waals surface area contributed by atoms with Gasteiger partial charge in [0.2, 0.25) is 0 Å². The molecule has 0 aliphatic carbocycles. The summed E-state index contributed by atoms with van der Waals surface area (Å²) in [4.78, 5) is 17.5. The van der Waals surface area contributed by atoms with E-state index in [1.165, 1.54) is 0 Å². The van der Waals surface area contributed by atoms with Crippen LogP contribution in [0.4, 0.5) is 23.4 Å². The van der Waals surface area contributed by atoms with Gasteiger partial charge in [-0.2, -0.15) is 8.78 Å². The average molecular weight is 272 g/mol. The maximum atomic E-state index is 12.6. The topological polar surface area (TPSA) is 54.9 Å². The number of aromatic nitrogens is 2. The maximum absolute atomic E-state index is 12.6. The van der Waals surface area contributed by atoms with E-state index in [2.05, 4.69) is 9.97 Å². The Morgan fingerprint density at radius 1 is 1.47 bits per heavy atom. The first kappa shape index (κ1) is 13.6. The molecule has 1 aromatic heterocycles. The van der Waals surface area contributed by atoms with Gasteiger partial charge in [0.15, 0.2) is 6.29 Å². The van der Waals surface area contributed by atoms with Gasteiger partial charge in [-0.3, -0.25) is 4.79 Å². The van der Waals surface area contributed by atoms with E-state index in [4.69, 9.17) is 11.6 Å². The minimum absolute atomic E-state index is 0.241. The fourth-order valence-electron chi connectivity index (χ4n) is 0.898. The van der Waals surface area contributed by atoms with Gasteiger partial charge < -0.3 is 5.32 Å². The fourth-order valence-corrected chi connectivity index (χ4v) is 1.08. The summed E-state index contributed by atoms with van der Waals surface area (Å²) in [5.41, 5.74) is -0.265. The predicted molar refractivity (Wildman–Crippen MR) is 51.9 cm³/mol. The lowest BCUT2D eigenvalue weighted by molar-refractivity contribution is -0.117. The third-order valence-corrected chi connectivity index (χ3v) is 2.07. The molecule has 0 aliphatic rings. The SMILES string of the molecule is O=Cc1c(Cl)ncnc1NCC(F)(F)C(F)F. The minimum Gasteiger partial charge on any atom is -0.363 e. The molecule has 1 heterocycles. The first-order valence-electron chi connectivity index (χ1n) is 4.24. The monoisotopic (exact) mass is 271 g/mol. The van der Waals surface area contributed by atoms with Crippen LogP contribution >= 0.6 is 11.6 Å². The highest BCUT2D eigenvalue weighted by Crippen LogP contribution is 2.24. The van der Waals surface area contributed by atoms with Crippen molar-refractivity contribution in [3.05, 3.63) is 17.0 Å². The smallest absolute Gasteiger partial charge is 0.324 e. The lowest BCUT2D eigenvalue weighted by Crippen LogP contribution is -2.35. The van der Waals surface area contributed by atoms with E-state index in [1.807, 2.05) is 5.32 Å². The van der Waals surface area contributed by atoms with Crippen molar-refractivity contribution in [1.82, 2.24) is 9.97 Å². The van der Waals surface area contributed by atoms with E-state index in [-0.39, 0.29) is 22.8 Å². The predicted octanol–water partition coefficient (Wildman–Crippen LogP) is 2.25. The van der Waals surface area contributed by atoms with Gasteiger partial charge >= 0.3 is 12.3 Å². The second kappa shape index (κ2) is 5.26. The summed E-state index contributed by atoms with van der Waals surface area (Å²) in [6.45, 7) is -1.36. The molecule has 0 saturated carbocycles. The first-order chi connectivity index (χ1) is 7.88. The molecule has 0 saturated heterocycles. The highest BCUT2D eigenvalue weighted by Gasteiger charge is 2.40. The number of carbonyl (C=O) groups excluding carboxylic acids is 1. The molecule has 17 heavy (non-hydrogen) atoms. The number of aldehydes is 1. The molecule has 0 unspecified atom stereocenters. The molecule has 1 rings (SSSR count). The number of anilines is 1. The summed E-state index contributed by atoms with van der Waals surface area (Å²) < 4.78 is 48.9. The molecule has 9 heteroatoms. The largest absolute Gasteiger partial charge is 0.363 e. The molecule has 0 aliphatic heterocycles. The van der Waals surface area contributed by atoms with Crippen molar-refractivity contribution in [3.63, 3.8) is 0 Å². The van der Waals surface area contributed by atoms with Crippen molar-refractivity contribution in [2.45, 2.75) is 12.3 Å². The summed E-state index contributed by atoms with van der Waals surface area (Å²) in [6.07, 6.45) is -2.66. The molecular formula is C8H6ClF4N3O. The van der Waals surface area contributed by atoms with Gasteiger partial charge in [0, 0.05) is 0 Å². The normalized spacial score (nSPS) is 11.6. The Balaban J connectivity index is 2.83. The number of carbonyl (C=O) groups is 1. The van der Waals surface area contributed by atoms with Crippen molar-refractivity contribution in [2.75, 3.05) is 11.9 Å². The summed E-state index contributed by atoms with van der Waals surface area (Å²) >= 11 is 5.48. The molecule has 94 valence electrons. The van der Waals surface area contributed by atoms with Crippen LogP contribution < -0.4 is 5.32 Å². The number of alkyl halides is 4. The molecule has 0 amide bonds. The summed E-state index contributed by atoms with van der Waals surface area (Å²) in [5.74, 6) is -4.54. The Labute approximate surface area is 98.0 Å².